The first-order valence-corrected chi connectivity index (χ1v) is 5.91. The van der Waals surface area contributed by atoms with Crippen molar-refractivity contribution >= 4 is 21.6 Å². The van der Waals surface area contributed by atoms with Crippen molar-refractivity contribution in [2.75, 3.05) is 19.0 Å². The predicted octanol–water partition coefficient (Wildman–Crippen LogP) is 3.16. The van der Waals surface area contributed by atoms with Gasteiger partial charge in [-0.25, -0.2) is 0 Å². The van der Waals surface area contributed by atoms with Crippen LogP contribution in [0.1, 0.15) is 18.9 Å². The summed E-state index contributed by atoms with van der Waals surface area (Å²) in [5.41, 5.74) is 1.66. The van der Waals surface area contributed by atoms with Gasteiger partial charge in [-0.1, -0.05) is 0 Å². The summed E-state index contributed by atoms with van der Waals surface area (Å²) < 4.78 is 5.84. The maximum atomic E-state index is 8.79. The standard InChI is InChI=1S/C12H15BrN2O/c1-9(5-6-16-2)15-11-4-3-10(8-14)12(13)7-11/h3-4,7,9,15H,5-6H2,1-2H3. The van der Waals surface area contributed by atoms with E-state index in [0.717, 1.165) is 23.2 Å². The molecule has 0 fully saturated rings. The zero-order chi connectivity index (χ0) is 12.0. The lowest BCUT2D eigenvalue weighted by Crippen LogP contribution is -2.17. The van der Waals surface area contributed by atoms with Crippen molar-refractivity contribution in [3.05, 3.63) is 28.2 Å². The van der Waals surface area contributed by atoms with Crippen molar-refractivity contribution < 1.29 is 4.74 Å². The van der Waals surface area contributed by atoms with E-state index in [4.69, 9.17) is 10.00 Å². The summed E-state index contributed by atoms with van der Waals surface area (Å²) in [7, 11) is 1.70. The number of ether oxygens (including phenoxy) is 1. The van der Waals surface area contributed by atoms with Crippen LogP contribution in [0.25, 0.3) is 0 Å². The molecule has 1 aromatic rings. The molecule has 0 aromatic heterocycles. The van der Waals surface area contributed by atoms with Crippen LogP contribution in [0.15, 0.2) is 22.7 Å². The van der Waals surface area contributed by atoms with Crippen LogP contribution in [0.5, 0.6) is 0 Å². The van der Waals surface area contributed by atoms with Crippen molar-refractivity contribution in [2.45, 2.75) is 19.4 Å². The number of hydrogen-bond donors (Lipinski definition) is 1. The van der Waals surface area contributed by atoms with Gasteiger partial charge in [0.25, 0.3) is 0 Å². The summed E-state index contributed by atoms with van der Waals surface area (Å²) in [5.74, 6) is 0. The Morgan fingerprint density at radius 1 is 1.56 bits per heavy atom. The smallest absolute Gasteiger partial charge is 0.100 e. The highest BCUT2D eigenvalue weighted by atomic mass is 79.9. The lowest BCUT2D eigenvalue weighted by molar-refractivity contribution is 0.191. The monoisotopic (exact) mass is 282 g/mol. The van der Waals surface area contributed by atoms with Crippen LogP contribution in [0.4, 0.5) is 5.69 Å². The minimum Gasteiger partial charge on any atom is -0.385 e. The second-order valence-electron chi connectivity index (χ2n) is 3.63. The lowest BCUT2D eigenvalue weighted by Gasteiger charge is -2.15. The molecule has 1 atom stereocenters. The van der Waals surface area contributed by atoms with Gasteiger partial charge in [0, 0.05) is 29.9 Å². The number of anilines is 1. The van der Waals surface area contributed by atoms with Gasteiger partial charge < -0.3 is 10.1 Å². The van der Waals surface area contributed by atoms with Crippen LogP contribution in [-0.4, -0.2) is 19.8 Å². The highest BCUT2D eigenvalue weighted by Crippen LogP contribution is 2.21. The van der Waals surface area contributed by atoms with E-state index in [2.05, 4.69) is 34.2 Å². The fourth-order valence-corrected chi connectivity index (χ4v) is 1.81. The molecular formula is C12H15BrN2O. The fraction of sp³-hybridized carbons (Fsp3) is 0.417. The number of halogens is 1. The Labute approximate surface area is 105 Å². The Morgan fingerprint density at radius 2 is 2.31 bits per heavy atom. The first-order chi connectivity index (χ1) is 7.67. The van der Waals surface area contributed by atoms with Gasteiger partial charge in [0.1, 0.15) is 6.07 Å². The predicted molar refractivity (Wildman–Crippen MR) is 68.4 cm³/mol. The molecule has 0 radical (unpaired) electrons. The molecule has 0 aliphatic rings. The molecule has 16 heavy (non-hydrogen) atoms. The number of benzene rings is 1. The molecule has 1 aromatic carbocycles. The van der Waals surface area contributed by atoms with E-state index < -0.39 is 0 Å². The average molecular weight is 283 g/mol. The van der Waals surface area contributed by atoms with Crippen molar-refractivity contribution in [3.63, 3.8) is 0 Å². The van der Waals surface area contributed by atoms with Crippen LogP contribution < -0.4 is 5.32 Å². The molecule has 0 heterocycles. The molecule has 0 spiro atoms. The van der Waals surface area contributed by atoms with Gasteiger partial charge in [0.05, 0.1) is 5.56 Å². The van der Waals surface area contributed by atoms with E-state index in [1.807, 2.05) is 12.1 Å². The third kappa shape index (κ3) is 3.84. The van der Waals surface area contributed by atoms with Crippen LogP contribution in [0, 0.1) is 11.3 Å². The second kappa shape index (κ2) is 6.51. The molecule has 0 saturated carbocycles. The molecule has 0 aliphatic heterocycles. The van der Waals surface area contributed by atoms with Gasteiger partial charge in [-0.15, -0.1) is 0 Å². The van der Waals surface area contributed by atoms with Gasteiger partial charge >= 0.3 is 0 Å². The van der Waals surface area contributed by atoms with E-state index >= 15 is 0 Å². The van der Waals surface area contributed by atoms with Crippen molar-refractivity contribution in [3.8, 4) is 6.07 Å². The minimum absolute atomic E-state index is 0.347. The molecule has 0 aliphatic carbocycles. The SMILES string of the molecule is COCCC(C)Nc1ccc(C#N)c(Br)c1. The second-order valence-corrected chi connectivity index (χ2v) is 4.49. The summed E-state index contributed by atoms with van der Waals surface area (Å²) in [6, 6.07) is 8.09. The number of rotatable bonds is 5. The van der Waals surface area contributed by atoms with E-state index in [1.54, 1.807) is 13.2 Å². The minimum atomic E-state index is 0.347. The number of nitrogens with zero attached hydrogens (tertiary/aromatic N) is 1. The van der Waals surface area contributed by atoms with Crippen LogP contribution >= 0.6 is 15.9 Å². The average Bonchev–Trinajstić information content (AvgIpc) is 2.26. The zero-order valence-electron chi connectivity index (χ0n) is 9.46. The highest BCUT2D eigenvalue weighted by Gasteiger charge is 2.04. The van der Waals surface area contributed by atoms with Gasteiger partial charge in [0.2, 0.25) is 0 Å². The molecule has 4 heteroatoms. The van der Waals surface area contributed by atoms with E-state index in [-0.39, 0.29) is 0 Å². The fourth-order valence-electron chi connectivity index (χ4n) is 1.35. The summed E-state index contributed by atoms with van der Waals surface area (Å²) in [4.78, 5) is 0. The van der Waals surface area contributed by atoms with Gasteiger partial charge in [0.15, 0.2) is 0 Å². The van der Waals surface area contributed by atoms with E-state index in [1.165, 1.54) is 0 Å². The molecule has 0 amide bonds. The Kier molecular flexibility index (Phi) is 5.30. The third-order valence-electron chi connectivity index (χ3n) is 2.26. The molecule has 1 rings (SSSR count). The number of nitriles is 1. The normalized spacial score (nSPS) is 11.9. The molecule has 0 bridgehead atoms. The van der Waals surface area contributed by atoms with Crippen LogP contribution in [-0.2, 0) is 4.74 Å². The summed E-state index contributed by atoms with van der Waals surface area (Å²) in [6.45, 7) is 2.84. The number of nitrogens with one attached hydrogen (secondary N) is 1. The maximum absolute atomic E-state index is 8.79. The summed E-state index contributed by atoms with van der Waals surface area (Å²) in [5, 5.41) is 12.1. The topological polar surface area (TPSA) is 45.0 Å². The quantitative estimate of drug-likeness (QED) is 0.902. The van der Waals surface area contributed by atoms with Crippen molar-refractivity contribution in [2.24, 2.45) is 0 Å². The van der Waals surface area contributed by atoms with Gasteiger partial charge in [-0.05, 0) is 47.5 Å². The Hall–Kier alpha value is -1.05. The summed E-state index contributed by atoms with van der Waals surface area (Å²) in [6.07, 6.45) is 0.953. The first kappa shape index (κ1) is 13.0. The lowest BCUT2D eigenvalue weighted by atomic mass is 10.2. The molecule has 0 saturated heterocycles. The number of hydrogen-bond acceptors (Lipinski definition) is 3. The van der Waals surface area contributed by atoms with Crippen LogP contribution in [0.2, 0.25) is 0 Å². The van der Waals surface area contributed by atoms with Crippen LogP contribution in [0.3, 0.4) is 0 Å². The maximum Gasteiger partial charge on any atom is 0.100 e. The number of methoxy groups -OCH3 is 1. The third-order valence-corrected chi connectivity index (χ3v) is 2.91. The molecule has 86 valence electrons. The van der Waals surface area contributed by atoms with E-state index in [0.29, 0.717) is 11.6 Å². The van der Waals surface area contributed by atoms with E-state index in [9.17, 15) is 0 Å². The van der Waals surface area contributed by atoms with Crippen molar-refractivity contribution in [1.82, 2.24) is 0 Å². The molecular weight excluding hydrogens is 268 g/mol. The Balaban J connectivity index is 2.61. The largest absolute Gasteiger partial charge is 0.385 e. The highest BCUT2D eigenvalue weighted by molar-refractivity contribution is 9.10. The molecule has 1 unspecified atom stereocenters. The molecule has 1 N–H and O–H groups in total. The van der Waals surface area contributed by atoms with Crippen molar-refractivity contribution in [1.29, 1.82) is 5.26 Å². The Morgan fingerprint density at radius 3 is 2.88 bits per heavy atom. The molecule has 3 nitrogen and oxygen atoms in total. The summed E-state index contributed by atoms with van der Waals surface area (Å²) >= 11 is 3.36. The Bertz CT molecular complexity index is 387. The first-order valence-electron chi connectivity index (χ1n) is 5.12. The van der Waals surface area contributed by atoms with Gasteiger partial charge in [-0.2, -0.15) is 5.26 Å². The van der Waals surface area contributed by atoms with Gasteiger partial charge in [-0.3, -0.25) is 0 Å². The zero-order valence-corrected chi connectivity index (χ0v) is 11.0.